The Morgan fingerprint density at radius 1 is 1.19 bits per heavy atom. The second-order valence-electron chi connectivity index (χ2n) is 5.64. The molecule has 1 aromatic carbocycles. The molecule has 0 radical (unpaired) electrons. The number of rotatable bonds is 6. The molecule has 0 bridgehead atoms. The molecule has 21 heavy (non-hydrogen) atoms. The van der Waals surface area contributed by atoms with Crippen molar-refractivity contribution in [2.75, 3.05) is 7.05 Å². The van der Waals surface area contributed by atoms with Gasteiger partial charge in [-0.3, -0.25) is 4.68 Å². The van der Waals surface area contributed by atoms with Crippen molar-refractivity contribution in [3.8, 4) is 0 Å². The van der Waals surface area contributed by atoms with E-state index in [1.165, 1.54) is 11.1 Å². The highest BCUT2D eigenvalue weighted by molar-refractivity contribution is 6.31. The third kappa shape index (κ3) is 3.47. The molecule has 4 heteroatoms. The van der Waals surface area contributed by atoms with Gasteiger partial charge in [-0.2, -0.15) is 5.10 Å². The van der Waals surface area contributed by atoms with E-state index >= 15 is 0 Å². The van der Waals surface area contributed by atoms with Gasteiger partial charge in [0.15, 0.2) is 0 Å². The minimum atomic E-state index is 0.0627. The van der Waals surface area contributed by atoms with Crippen molar-refractivity contribution in [2.45, 2.75) is 45.7 Å². The van der Waals surface area contributed by atoms with E-state index in [0.29, 0.717) is 5.92 Å². The van der Waals surface area contributed by atoms with E-state index < -0.39 is 0 Å². The number of halogens is 1. The average molecular weight is 306 g/mol. The van der Waals surface area contributed by atoms with Gasteiger partial charge in [0.1, 0.15) is 0 Å². The summed E-state index contributed by atoms with van der Waals surface area (Å²) in [6, 6.07) is 8.80. The fraction of sp³-hybridized carbons (Fsp3) is 0.471. The van der Waals surface area contributed by atoms with E-state index in [1.807, 2.05) is 11.7 Å². The molecule has 1 aromatic heterocycles. The lowest BCUT2D eigenvalue weighted by atomic mass is 9.97. The van der Waals surface area contributed by atoms with Gasteiger partial charge in [-0.05, 0) is 30.5 Å². The zero-order chi connectivity index (χ0) is 15.4. The Labute approximate surface area is 132 Å². The smallest absolute Gasteiger partial charge is 0.0837 e. The first kappa shape index (κ1) is 16.1. The molecule has 1 heterocycles. The Morgan fingerprint density at radius 3 is 2.33 bits per heavy atom. The van der Waals surface area contributed by atoms with Crippen molar-refractivity contribution < 1.29 is 0 Å². The molecule has 0 fully saturated rings. The monoisotopic (exact) mass is 305 g/mol. The van der Waals surface area contributed by atoms with E-state index in [9.17, 15) is 0 Å². The van der Waals surface area contributed by atoms with Gasteiger partial charge in [-0.15, -0.1) is 0 Å². The zero-order valence-electron chi connectivity index (χ0n) is 13.2. The van der Waals surface area contributed by atoms with Gasteiger partial charge in [0, 0.05) is 6.54 Å². The number of aromatic nitrogens is 2. The molecular formula is C17H24ClN3. The van der Waals surface area contributed by atoms with Crippen LogP contribution >= 0.6 is 11.6 Å². The molecule has 0 aliphatic rings. The van der Waals surface area contributed by atoms with E-state index in [4.69, 9.17) is 11.6 Å². The van der Waals surface area contributed by atoms with Crippen LogP contribution < -0.4 is 5.32 Å². The van der Waals surface area contributed by atoms with Gasteiger partial charge in [-0.1, -0.05) is 56.6 Å². The summed E-state index contributed by atoms with van der Waals surface area (Å²) in [5.74, 6) is 0.543. The van der Waals surface area contributed by atoms with Crippen molar-refractivity contribution in [3.05, 3.63) is 52.3 Å². The van der Waals surface area contributed by atoms with E-state index in [2.05, 4.69) is 55.5 Å². The van der Waals surface area contributed by atoms with Crippen LogP contribution in [-0.2, 0) is 6.54 Å². The van der Waals surface area contributed by atoms with Crippen molar-refractivity contribution in [2.24, 2.45) is 0 Å². The molecule has 3 nitrogen and oxygen atoms in total. The van der Waals surface area contributed by atoms with Crippen LogP contribution in [-0.4, -0.2) is 16.8 Å². The van der Waals surface area contributed by atoms with Crippen LogP contribution in [0, 0.1) is 0 Å². The van der Waals surface area contributed by atoms with Gasteiger partial charge in [0.05, 0.1) is 23.0 Å². The molecule has 114 valence electrons. The first-order chi connectivity index (χ1) is 10.1. The quantitative estimate of drug-likeness (QED) is 0.858. The summed E-state index contributed by atoms with van der Waals surface area (Å²) in [7, 11) is 1.96. The van der Waals surface area contributed by atoms with Gasteiger partial charge in [0.2, 0.25) is 0 Å². The first-order valence-electron chi connectivity index (χ1n) is 7.56. The normalized spacial score (nSPS) is 12.9. The highest BCUT2D eigenvalue weighted by Gasteiger charge is 2.20. The minimum absolute atomic E-state index is 0.0627. The summed E-state index contributed by atoms with van der Waals surface area (Å²) < 4.78 is 2.00. The molecule has 0 saturated heterocycles. The van der Waals surface area contributed by atoms with Crippen molar-refractivity contribution in [1.29, 1.82) is 0 Å². The lowest BCUT2D eigenvalue weighted by Gasteiger charge is -2.20. The number of nitrogens with zero attached hydrogens (tertiary/aromatic N) is 2. The van der Waals surface area contributed by atoms with Crippen LogP contribution in [0.4, 0.5) is 0 Å². The van der Waals surface area contributed by atoms with Crippen LogP contribution in [0.2, 0.25) is 5.02 Å². The zero-order valence-corrected chi connectivity index (χ0v) is 14.0. The summed E-state index contributed by atoms with van der Waals surface area (Å²) in [5, 5.41) is 8.47. The summed E-state index contributed by atoms with van der Waals surface area (Å²) in [4.78, 5) is 0. The van der Waals surface area contributed by atoms with E-state index in [0.717, 1.165) is 23.7 Å². The molecule has 2 aromatic rings. The van der Waals surface area contributed by atoms with Crippen LogP contribution in [0.1, 0.15) is 56.0 Å². The van der Waals surface area contributed by atoms with E-state index in [1.54, 1.807) is 6.20 Å². The average Bonchev–Trinajstić information content (AvgIpc) is 2.83. The molecule has 1 unspecified atom stereocenters. The Hall–Kier alpha value is -1.32. The molecule has 0 saturated carbocycles. The molecule has 1 N–H and O–H groups in total. The fourth-order valence-corrected chi connectivity index (χ4v) is 2.83. The Balaban J connectivity index is 2.37. The lowest BCUT2D eigenvalue weighted by molar-refractivity contribution is 0.534. The first-order valence-corrected chi connectivity index (χ1v) is 7.94. The molecule has 0 aliphatic heterocycles. The number of nitrogens with one attached hydrogen (secondary N) is 1. The minimum Gasteiger partial charge on any atom is -0.308 e. The maximum absolute atomic E-state index is 6.36. The maximum Gasteiger partial charge on any atom is 0.0837 e. The van der Waals surface area contributed by atoms with Crippen LogP contribution in [0.15, 0.2) is 30.5 Å². The SMILES string of the molecule is CCCn1ncc(Cl)c1C(NC)c1ccc(C(C)C)cc1. The maximum atomic E-state index is 6.36. The third-order valence-corrected chi connectivity index (χ3v) is 4.06. The highest BCUT2D eigenvalue weighted by atomic mass is 35.5. The molecule has 0 amide bonds. The molecule has 2 rings (SSSR count). The van der Waals surface area contributed by atoms with Gasteiger partial charge >= 0.3 is 0 Å². The summed E-state index contributed by atoms with van der Waals surface area (Å²) in [6.45, 7) is 7.44. The van der Waals surface area contributed by atoms with Crippen LogP contribution in [0.5, 0.6) is 0 Å². The number of hydrogen-bond donors (Lipinski definition) is 1. The van der Waals surface area contributed by atoms with Crippen LogP contribution in [0.3, 0.4) is 0 Å². The molecule has 0 spiro atoms. The van der Waals surface area contributed by atoms with Gasteiger partial charge in [-0.25, -0.2) is 0 Å². The molecule has 1 atom stereocenters. The van der Waals surface area contributed by atoms with Crippen molar-refractivity contribution >= 4 is 11.6 Å². The van der Waals surface area contributed by atoms with E-state index in [-0.39, 0.29) is 6.04 Å². The largest absolute Gasteiger partial charge is 0.308 e. The molecule has 0 aliphatic carbocycles. The Morgan fingerprint density at radius 2 is 1.81 bits per heavy atom. The number of aryl methyl sites for hydroxylation is 1. The summed E-state index contributed by atoms with van der Waals surface area (Å²) in [6.07, 6.45) is 2.77. The fourth-order valence-electron chi connectivity index (χ4n) is 2.58. The standard InChI is InChI=1S/C17H24ClN3/c1-5-10-21-17(15(18)11-20-21)16(19-4)14-8-6-13(7-9-14)12(2)3/h6-9,11-12,16,19H,5,10H2,1-4H3. The summed E-state index contributed by atoms with van der Waals surface area (Å²) in [5.41, 5.74) is 3.60. The third-order valence-electron chi connectivity index (χ3n) is 3.77. The predicted octanol–water partition coefficient (Wildman–Crippen LogP) is 4.38. The van der Waals surface area contributed by atoms with Crippen molar-refractivity contribution in [1.82, 2.24) is 15.1 Å². The second-order valence-corrected chi connectivity index (χ2v) is 6.05. The Kier molecular flexibility index (Phi) is 5.43. The molecular weight excluding hydrogens is 282 g/mol. The lowest BCUT2D eigenvalue weighted by Crippen LogP contribution is -2.22. The second kappa shape index (κ2) is 7.10. The highest BCUT2D eigenvalue weighted by Crippen LogP contribution is 2.29. The summed E-state index contributed by atoms with van der Waals surface area (Å²) >= 11 is 6.36. The Bertz CT molecular complexity index is 572. The topological polar surface area (TPSA) is 29.9 Å². The predicted molar refractivity (Wildman–Crippen MR) is 89.0 cm³/mol. The van der Waals surface area contributed by atoms with Gasteiger partial charge in [0.25, 0.3) is 0 Å². The number of hydrogen-bond acceptors (Lipinski definition) is 2. The number of benzene rings is 1. The van der Waals surface area contributed by atoms with Gasteiger partial charge < -0.3 is 5.32 Å². The van der Waals surface area contributed by atoms with Crippen LogP contribution in [0.25, 0.3) is 0 Å². The van der Waals surface area contributed by atoms with Crippen molar-refractivity contribution in [3.63, 3.8) is 0 Å².